The Morgan fingerprint density at radius 1 is 1.11 bits per heavy atom. The van der Waals surface area contributed by atoms with E-state index in [1.54, 1.807) is 30.7 Å². The van der Waals surface area contributed by atoms with Crippen molar-refractivity contribution in [3.8, 4) is 5.69 Å². The van der Waals surface area contributed by atoms with Crippen molar-refractivity contribution in [1.29, 1.82) is 0 Å². The average molecular weight is 519 g/mol. The third-order valence-corrected chi connectivity index (χ3v) is 6.53. The van der Waals surface area contributed by atoms with Crippen molar-refractivity contribution >= 4 is 46.2 Å². The predicted octanol–water partition coefficient (Wildman–Crippen LogP) is 4.68. The number of halogens is 1. The Labute approximate surface area is 218 Å². The van der Waals surface area contributed by atoms with Gasteiger partial charge < -0.3 is 24.8 Å². The van der Waals surface area contributed by atoms with Gasteiger partial charge in [0.2, 0.25) is 5.91 Å². The maximum absolute atomic E-state index is 12.0. The third-order valence-electron chi connectivity index (χ3n) is 5.90. The number of pyridine rings is 2. The molecular weight excluding hydrogens is 496 g/mol. The summed E-state index contributed by atoms with van der Waals surface area (Å²) in [7, 11) is 1.46. The Balaban J connectivity index is 1.58. The molecular formula is C26H23ClN6O2S. The van der Waals surface area contributed by atoms with Crippen molar-refractivity contribution in [2.24, 2.45) is 0 Å². The quantitative estimate of drug-likeness (QED) is 0.343. The fourth-order valence-electron chi connectivity index (χ4n) is 4.38. The second-order valence-electron chi connectivity index (χ2n) is 8.15. The van der Waals surface area contributed by atoms with E-state index in [0.717, 1.165) is 22.8 Å². The van der Waals surface area contributed by atoms with Gasteiger partial charge in [0, 0.05) is 49.0 Å². The van der Waals surface area contributed by atoms with E-state index in [0.29, 0.717) is 15.8 Å². The lowest BCUT2D eigenvalue weighted by atomic mass is 10.0. The minimum absolute atomic E-state index is 0.0575. The SMILES string of the molecule is COCC(=O)Nc1ccc(N2C(=S)N[C@H](c3ccccn3)[C@@H]2c2cccn2-c2ccncc2)cc1Cl. The molecule has 1 fully saturated rings. The van der Waals surface area contributed by atoms with E-state index in [1.165, 1.54) is 7.11 Å². The summed E-state index contributed by atoms with van der Waals surface area (Å²) in [4.78, 5) is 22.8. The highest BCUT2D eigenvalue weighted by molar-refractivity contribution is 7.80. The van der Waals surface area contributed by atoms with Crippen LogP contribution in [-0.2, 0) is 9.53 Å². The number of benzene rings is 1. The Kier molecular flexibility index (Phi) is 6.95. The lowest BCUT2D eigenvalue weighted by molar-refractivity contribution is -0.119. The topological polar surface area (TPSA) is 84.3 Å². The second kappa shape index (κ2) is 10.4. The number of aromatic nitrogens is 3. The summed E-state index contributed by atoms with van der Waals surface area (Å²) in [5.74, 6) is -0.284. The Morgan fingerprint density at radius 3 is 2.67 bits per heavy atom. The molecule has 182 valence electrons. The summed E-state index contributed by atoms with van der Waals surface area (Å²) < 4.78 is 7.01. The summed E-state index contributed by atoms with van der Waals surface area (Å²) in [5.41, 5.74) is 4.14. The monoisotopic (exact) mass is 518 g/mol. The summed E-state index contributed by atoms with van der Waals surface area (Å²) in [5, 5.41) is 7.16. The molecule has 0 aliphatic carbocycles. The van der Waals surface area contributed by atoms with Crippen LogP contribution in [0.4, 0.5) is 11.4 Å². The summed E-state index contributed by atoms with van der Waals surface area (Å²) in [6.45, 7) is -0.0575. The van der Waals surface area contributed by atoms with E-state index in [9.17, 15) is 4.79 Å². The number of nitrogens with one attached hydrogen (secondary N) is 2. The normalized spacial score (nSPS) is 17.2. The lowest BCUT2D eigenvalue weighted by Crippen LogP contribution is -2.30. The maximum atomic E-state index is 12.0. The van der Waals surface area contributed by atoms with E-state index < -0.39 is 0 Å². The van der Waals surface area contributed by atoms with Crippen molar-refractivity contribution in [2.45, 2.75) is 12.1 Å². The molecule has 5 rings (SSSR count). The van der Waals surface area contributed by atoms with Gasteiger partial charge in [-0.05, 0) is 66.8 Å². The van der Waals surface area contributed by atoms with Crippen molar-refractivity contribution in [3.05, 3.63) is 102 Å². The number of anilines is 2. The smallest absolute Gasteiger partial charge is 0.250 e. The van der Waals surface area contributed by atoms with E-state index >= 15 is 0 Å². The van der Waals surface area contributed by atoms with Gasteiger partial charge >= 0.3 is 0 Å². The maximum Gasteiger partial charge on any atom is 0.250 e. The van der Waals surface area contributed by atoms with Crippen LogP contribution in [0.15, 0.2) is 85.5 Å². The van der Waals surface area contributed by atoms with Crippen LogP contribution in [0.5, 0.6) is 0 Å². The molecule has 0 bridgehead atoms. The standard InChI is InChI=1S/C26H23ClN6O2S/c1-35-16-23(34)30-20-8-7-18(15-19(20)27)33-25(24(31-26(33)36)21-5-2-3-11-29-21)22-6-4-14-32(22)17-9-12-28-13-10-17/h2-15,24-25H,16H2,1H3,(H,30,34)(H,31,36)/t24-,25+/m1/s1. The van der Waals surface area contributed by atoms with Gasteiger partial charge in [-0.15, -0.1) is 0 Å². The van der Waals surface area contributed by atoms with Crippen LogP contribution >= 0.6 is 23.8 Å². The summed E-state index contributed by atoms with van der Waals surface area (Å²) in [6, 6.07) is 18.8. The number of ether oxygens (including phenoxy) is 1. The van der Waals surface area contributed by atoms with Crippen LogP contribution in [0.2, 0.25) is 5.02 Å². The summed E-state index contributed by atoms with van der Waals surface area (Å²) >= 11 is 12.4. The number of thiocarbonyl (C=S) groups is 1. The van der Waals surface area contributed by atoms with Crippen LogP contribution in [0.3, 0.4) is 0 Å². The molecule has 1 amide bonds. The van der Waals surface area contributed by atoms with Crippen molar-refractivity contribution in [2.75, 3.05) is 23.9 Å². The first-order chi connectivity index (χ1) is 17.6. The van der Waals surface area contributed by atoms with Gasteiger partial charge in [-0.3, -0.25) is 14.8 Å². The van der Waals surface area contributed by atoms with Gasteiger partial charge in [0.25, 0.3) is 0 Å². The molecule has 0 spiro atoms. The number of carbonyl (C=O) groups is 1. The highest BCUT2D eigenvalue weighted by Crippen LogP contribution is 2.43. The molecule has 0 radical (unpaired) electrons. The van der Waals surface area contributed by atoms with Crippen molar-refractivity contribution in [1.82, 2.24) is 19.9 Å². The number of hydrogen-bond acceptors (Lipinski definition) is 5. The fourth-order valence-corrected chi connectivity index (χ4v) is 4.95. The number of hydrogen-bond donors (Lipinski definition) is 2. The van der Waals surface area contributed by atoms with E-state index in [1.807, 2.05) is 53.6 Å². The number of carbonyl (C=O) groups excluding carboxylic acids is 1. The molecule has 3 aromatic heterocycles. The first kappa shape index (κ1) is 23.9. The summed E-state index contributed by atoms with van der Waals surface area (Å²) in [6.07, 6.45) is 7.32. The molecule has 0 saturated carbocycles. The zero-order valence-corrected chi connectivity index (χ0v) is 20.9. The van der Waals surface area contributed by atoms with Gasteiger partial charge in [0.05, 0.1) is 22.4 Å². The van der Waals surface area contributed by atoms with Gasteiger partial charge in [-0.2, -0.15) is 0 Å². The number of amides is 1. The highest BCUT2D eigenvalue weighted by Gasteiger charge is 2.42. The van der Waals surface area contributed by atoms with E-state index in [4.69, 9.17) is 28.6 Å². The first-order valence-corrected chi connectivity index (χ1v) is 12.0. The average Bonchev–Trinajstić information content (AvgIpc) is 3.51. The van der Waals surface area contributed by atoms with Crippen molar-refractivity contribution < 1.29 is 9.53 Å². The third kappa shape index (κ3) is 4.68. The molecule has 2 atom stereocenters. The zero-order valence-electron chi connectivity index (χ0n) is 19.3. The Hall–Kier alpha value is -3.79. The molecule has 0 unspecified atom stereocenters. The fraction of sp³-hybridized carbons (Fsp3) is 0.154. The Morgan fingerprint density at radius 2 is 1.94 bits per heavy atom. The molecule has 4 aromatic rings. The minimum Gasteiger partial charge on any atom is -0.375 e. The molecule has 8 nitrogen and oxygen atoms in total. The number of rotatable bonds is 7. The molecule has 1 aliphatic heterocycles. The van der Waals surface area contributed by atoms with Crippen LogP contribution in [0.1, 0.15) is 23.5 Å². The molecule has 1 saturated heterocycles. The van der Waals surface area contributed by atoms with Crippen LogP contribution in [0.25, 0.3) is 5.69 Å². The molecule has 1 aliphatic rings. The molecule has 4 heterocycles. The van der Waals surface area contributed by atoms with E-state index in [-0.39, 0.29) is 24.6 Å². The molecule has 36 heavy (non-hydrogen) atoms. The molecule has 10 heteroatoms. The van der Waals surface area contributed by atoms with Crippen LogP contribution in [-0.4, -0.2) is 39.3 Å². The number of nitrogens with zero attached hydrogens (tertiary/aromatic N) is 4. The van der Waals surface area contributed by atoms with Crippen LogP contribution < -0.4 is 15.5 Å². The van der Waals surface area contributed by atoms with Crippen molar-refractivity contribution in [3.63, 3.8) is 0 Å². The van der Waals surface area contributed by atoms with Gasteiger partial charge in [-0.1, -0.05) is 17.7 Å². The largest absolute Gasteiger partial charge is 0.375 e. The van der Waals surface area contributed by atoms with Gasteiger partial charge in [0.1, 0.15) is 12.6 Å². The molecule has 2 N–H and O–H groups in total. The highest BCUT2D eigenvalue weighted by atomic mass is 35.5. The Bertz CT molecular complexity index is 1380. The van der Waals surface area contributed by atoms with Gasteiger partial charge in [-0.25, -0.2) is 0 Å². The predicted molar refractivity (Wildman–Crippen MR) is 143 cm³/mol. The second-order valence-corrected chi connectivity index (χ2v) is 8.94. The van der Waals surface area contributed by atoms with Gasteiger partial charge in [0.15, 0.2) is 5.11 Å². The molecule has 1 aromatic carbocycles. The zero-order chi connectivity index (χ0) is 25.1. The minimum atomic E-state index is -0.284. The lowest BCUT2D eigenvalue weighted by Gasteiger charge is -2.29. The van der Waals surface area contributed by atoms with E-state index in [2.05, 4.69) is 31.2 Å². The van der Waals surface area contributed by atoms with Crippen LogP contribution in [0, 0.1) is 0 Å². The first-order valence-electron chi connectivity index (χ1n) is 11.2. The number of methoxy groups -OCH3 is 1.